The standard InChI is InChI=1S/C12H13ClN2O2/c1-15(2)12(17)14-11-6-5-10(13)8-9(11)4-3-7-16/h5-6,8,16H,7H2,1-2H3,(H,14,17). The molecule has 0 atom stereocenters. The van der Waals surface area contributed by atoms with Crippen LogP contribution in [0.15, 0.2) is 18.2 Å². The van der Waals surface area contributed by atoms with Crippen LogP contribution in [0, 0.1) is 11.8 Å². The molecule has 1 aromatic carbocycles. The van der Waals surface area contributed by atoms with E-state index in [4.69, 9.17) is 16.7 Å². The molecule has 0 unspecified atom stereocenters. The number of carbonyl (C=O) groups excluding carboxylic acids is 1. The van der Waals surface area contributed by atoms with E-state index in [-0.39, 0.29) is 12.6 Å². The second-order valence-corrected chi connectivity index (χ2v) is 3.91. The normalized spacial score (nSPS) is 9.18. The number of urea groups is 1. The second-order valence-electron chi connectivity index (χ2n) is 3.47. The van der Waals surface area contributed by atoms with Gasteiger partial charge in [-0.1, -0.05) is 23.4 Å². The highest BCUT2D eigenvalue weighted by atomic mass is 35.5. The summed E-state index contributed by atoms with van der Waals surface area (Å²) in [6.45, 7) is -0.242. The molecule has 0 aliphatic rings. The van der Waals surface area contributed by atoms with Gasteiger partial charge in [0.05, 0.1) is 5.69 Å². The number of carbonyl (C=O) groups is 1. The van der Waals surface area contributed by atoms with Crippen molar-refractivity contribution >= 4 is 23.3 Å². The second kappa shape index (κ2) is 6.14. The van der Waals surface area contributed by atoms with Gasteiger partial charge in [-0.2, -0.15) is 0 Å². The molecule has 17 heavy (non-hydrogen) atoms. The summed E-state index contributed by atoms with van der Waals surface area (Å²) in [6.07, 6.45) is 0. The Kier molecular flexibility index (Phi) is 4.83. The Balaban J connectivity index is 3.02. The van der Waals surface area contributed by atoms with Crippen molar-refractivity contribution in [1.29, 1.82) is 0 Å². The first-order valence-electron chi connectivity index (χ1n) is 4.92. The maximum Gasteiger partial charge on any atom is 0.321 e. The van der Waals surface area contributed by atoms with Crippen LogP contribution in [0.2, 0.25) is 5.02 Å². The predicted octanol–water partition coefficient (Wildman–Crippen LogP) is 1.78. The van der Waals surface area contributed by atoms with Gasteiger partial charge in [-0.05, 0) is 18.2 Å². The van der Waals surface area contributed by atoms with Gasteiger partial charge >= 0.3 is 6.03 Å². The molecule has 90 valence electrons. The predicted molar refractivity (Wildman–Crippen MR) is 68.1 cm³/mol. The number of rotatable bonds is 1. The topological polar surface area (TPSA) is 52.6 Å². The first-order chi connectivity index (χ1) is 8.04. The Labute approximate surface area is 105 Å². The fourth-order valence-corrected chi connectivity index (χ4v) is 1.26. The monoisotopic (exact) mass is 252 g/mol. The lowest BCUT2D eigenvalue weighted by Crippen LogP contribution is -2.27. The molecule has 2 N–H and O–H groups in total. The van der Waals surface area contributed by atoms with E-state index in [1.165, 1.54) is 4.90 Å². The molecule has 0 aliphatic carbocycles. The quantitative estimate of drug-likeness (QED) is 0.749. The molecule has 0 heterocycles. The van der Waals surface area contributed by atoms with Gasteiger partial charge in [0.1, 0.15) is 6.61 Å². The number of aliphatic hydroxyl groups is 1. The van der Waals surface area contributed by atoms with E-state index in [0.717, 1.165) is 0 Å². The number of hydrogen-bond donors (Lipinski definition) is 2. The Morgan fingerprint density at radius 2 is 2.24 bits per heavy atom. The van der Waals surface area contributed by atoms with E-state index < -0.39 is 0 Å². The molecule has 0 aromatic heterocycles. The van der Waals surface area contributed by atoms with Gasteiger partial charge in [0, 0.05) is 24.7 Å². The molecule has 0 fully saturated rings. The maximum absolute atomic E-state index is 11.5. The number of hydrogen-bond acceptors (Lipinski definition) is 2. The largest absolute Gasteiger partial charge is 0.384 e. The minimum Gasteiger partial charge on any atom is -0.384 e. The summed E-state index contributed by atoms with van der Waals surface area (Å²) in [4.78, 5) is 12.9. The number of nitrogens with one attached hydrogen (secondary N) is 1. The molecule has 1 aromatic rings. The Morgan fingerprint density at radius 1 is 1.53 bits per heavy atom. The zero-order valence-corrected chi connectivity index (χ0v) is 10.4. The summed E-state index contributed by atoms with van der Waals surface area (Å²) in [5, 5.41) is 11.9. The van der Waals surface area contributed by atoms with Crippen molar-refractivity contribution in [2.45, 2.75) is 0 Å². The van der Waals surface area contributed by atoms with Crippen LogP contribution in [0.5, 0.6) is 0 Å². The third-order valence-corrected chi connectivity index (χ3v) is 2.17. The molecule has 0 bridgehead atoms. The van der Waals surface area contributed by atoms with E-state index in [1.807, 2.05) is 0 Å². The fourth-order valence-electron chi connectivity index (χ4n) is 1.09. The number of halogens is 1. The van der Waals surface area contributed by atoms with E-state index in [9.17, 15) is 4.79 Å². The maximum atomic E-state index is 11.5. The van der Waals surface area contributed by atoms with Crippen LogP contribution in [0.1, 0.15) is 5.56 Å². The molecule has 2 amide bonds. The van der Waals surface area contributed by atoms with Gasteiger partial charge in [-0.25, -0.2) is 4.79 Å². The van der Waals surface area contributed by atoms with Crippen molar-refractivity contribution in [2.24, 2.45) is 0 Å². The number of nitrogens with zero attached hydrogens (tertiary/aromatic N) is 1. The fraction of sp³-hybridized carbons (Fsp3) is 0.250. The van der Waals surface area contributed by atoms with Crippen molar-refractivity contribution in [3.63, 3.8) is 0 Å². The summed E-state index contributed by atoms with van der Waals surface area (Å²) in [5.74, 6) is 5.25. The smallest absolute Gasteiger partial charge is 0.321 e. The first kappa shape index (κ1) is 13.4. The SMILES string of the molecule is CN(C)C(=O)Nc1ccc(Cl)cc1C#CCO. The van der Waals surface area contributed by atoms with Gasteiger partial charge < -0.3 is 15.3 Å². The zero-order chi connectivity index (χ0) is 12.8. The molecule has 0 spiro atoms. The molecule has 0 saturated heterocycles. The summed E-state index contributed by atoms with van der Waals surface area (Å²) >= 11 is 5.84. The van der Waals surface area contributed by atoms with Crippen LogP contribution >= 0.6 is 11.6 Å². The highest BCUT2D eigenvalue weighted by Crippen LogP contribution is 2.20. The summed E-state index contributed by atoms with van der Waals surface area (Å²) in [7, 11) is 3.29. The minimum atomic E-state index is -0.251. The van der Waals surface area contributed by atoms with Crippen LogP contribution in [0.25, 0.3) is 0 Å². The van der Waals surface area contributed by atoms with Crippen molar-refractivity contribution in [3.05, 3.63) is 28.8 Å². The van der Waals surface area contributed by atoms with Gasteiger partial charge in [-0.15, -0.1) is 0 Å². The van der Waals surface area contributed by atoms with E-state index in [2.05, 4.69) is 17.2 Å². The molecular weight excluding hydrogens is 240 g/mol. The van der Waals surface area contributed by atoms with Gasteiger partial charge in [0.15, 0.2) is 0 Å². The van der Waals surface area contributed by atoms with Crippen molar-refractivity contribution in [3.8, 4) is 11.8 Å². The number of amides is 2. The first-order valence-corrected chi connectivity index (χ1v) is 5.30. The zero-order valence-electron chi connectivity index (χ0n) is 9.62. The summed E-state index contributed by atoms with van der Waals surface area (Å²) in [6, 6.07) is 4.72. The van der Waals surface area contributed by atoms with Gasteiger partial charge in [0.2, 0.25) is 0 Å². The highest BCUT2D eigenvalue weighted by molar-refractivity contribution is 6.30. The van der Waals surface area contributed by atoms with E-state index in [1.54, 1.807) is 32.3 Å². The lowest BCUT2D eigenvalue weighted by Gasteiger charge is -2.13. The Hall–Kier alpha value is -1.70. The minimum absolute atomic E-state index is 0.242. The number of benzene rings is 1. The lowest BCUT2D eigenvalue weighted by atomic mass is 10.2. The molecule has 1 rings (SSSR count). The third kappa shape index (κ3) is 3.99. The molecule has 0 radical (unpaired) electrons. The summed E-state index contributed by atoms with van der Waals surface area (Å²) < 4.78 is 0. The molecule has 4 nitrogen and oxygen atoms in total. The van der Waals surface area contributed by atoms with E-state index >= 15 is 0 Å². The molecule has 5 heteroatoms. The van der Waals surface area contributed by atoms with Crippen LogP contribution < -0.4 is 5.32 Å². The molecule has 0 saturated carbocycles. The molecular formula is C12H13ClN2O2. The summed E-state index contributed by atoms with van der Waals surface area (Å²) in [5.41, 5.74) is 1.14. The van der Waals surface area contributed by atoms with Crippen molar-refractivity contribution in [1.82, 2.24) is 4.90 Å². The van der Waals surface area contributed by atoms with Crippen molar-refractivity contribution < 1.29 is 9.90 Å². The number of aliphatic hydroxyl groups excluding tert-OH is 1. The van der Waals surface area contributed by atoms with Gasteiger partial charge in [-0.3, -0.25) is 0 Å². The van der Waals surface area contributed by atoms with Crippen LogP contribution in [-0.2, 0) is 0 Å². The van der Waals surface area contributed by atoms with Crippen LogP contribution in [-0.4, -0.2) is 36.7 Å². The average molecular weight is 253 g/mol. The highest BCUT2D eigenvalue weighted by Gasteiger charge is 2.07. The van der Waals surface area contributed by atoms with Crippen LogP contribution in [0.3, 0.4) is 0 Å². The van der Waals surface area contributed by atoms with Crippen molar-refractivity contribution in [2.75, 3.05) is 26.0 Å². The third-order valence-electron chi connectivity index (χ3n) is 1.93. The van der Waals surface area contributed by atoms with Crippen LogP contribution in [0.4, 0.5) is 10.5 Å². The van der Waals surface area contributed by atoms with Gasteiger partial charge in [0.25, 0.3) is 0 Å². The number of anilines is 1. The Bertz CT molecular complexity index is 475. The van der Waals surface area contributed by atoms with E-state index in [0.29, 0.717) is 16.3 Å². The Morgan fingerprint density at radius 3 is 2.82 bits per heavy atom. The average Bonchev–Trinajstić information content (AvgIpc) is 2.29. The molecule has 0 aliphatic heterocycles. The lowest BCUT2D eigenvalue weighted by molar-refractivity contribution is 0.230.